The molecule has 64 valence electrons. The Bertz CT molecular complexity index is 142. The normalized spacial score (nSPS) is 30.4. The van der Waals surface area contributed by atoms with Gasteiger partial charge in [0.15, 0.2) is 0 Å². The van der Waals surface area contributed by atoms with Crippen molar-refractivity contribution in [1.29, 1.82) is 0 Å². The monoisotopic (exact) mass is 156 g/mol. The molecule has 0 aromatic carbocycles. The van der Waals surface area contributed by atoms with Crippen LogP contribution in [0, 0.1) is 11.8 Å². The summed E-state index contributed by atoms with van der Waals surface area (Å²) in [7, 11) is 0. The van der Waals surface area contributed by atoms with E-state index in [2.05, 4.69) is 6.92 Å². The van der Waals surface area contributed by atoms with Crippen molar-refractivity contribution in [3.63, 3.8) is 0 Å². The fraction of sp³-hybridized carbons (Fsp3) is 0.889. The molecule has 11 heavy (non-hydrogen) atoms. The Morgan fingerprint density at radius 1 is 1.55 bits per heavy atom. The smallest absolute Gasteiger partial charge is 0.308 e. The summed E-state index contributed by atoms with van der Waals surface area (Å²) in [5, 5.41) is 0. The summed E-state index contributed by atoms with van der Waals surface area (Å²) in [5.74, 6) is 0.922. The van der Waals surface area contributed by atoms with Crippen molar-refractivity contribution in [2.24, 2.45) is 11.8 Å². The van der Waals surface area contributed by atoms with Crippen LogP contribution in [0.25, 0.3) is 0 Å². The number of carbonyl (C=O) groups excluding carboxylic acids is 1. The van der Waals surface area contributed by atoms with Gasteiger partial charge < -0.3 is 4.74 Å². The molecule has 0 unspecified atom stereocenters. The molecule has 0 amide bonds. The maximum Gasteiger partial charge on any atom is 0.308 e. The number of hydrogen-bond acceptors (Lipinski definition) is 2. The van der Waals surface area contributed by atoms with Crippen molar-refractivity contribution in [3.05, 3.63) is 0 Å². The third-order valence-corrected chi connectivity index (χ3v) is 2.31. The van der Waals surface area contributed by atoms with Crippen molar-refractivity contribution < 1.29 is 9.53 Å². The first kappa shape index (κ1) is 8.57. The topological polar surface area (TPSA) is 26.3 Å². The zero-order valence-corrected chi connectivity index (χ0v) is 7.30. The number of carbonyl (C=O) groups is 1. The molecule has 0 radical (unpaired) electrons. The van der Waals surface area contributed by atoms with Crippen LogP contribution in [0.4, 0.5) is 0 Å². The van der Waals surface area contributed by atoms with Crippen LogP contribution in [-0.4, -0.2) is 12.6 Å². The summed E-state index contributed by atoms with van der Waals surface area (Å²) in [6.07, 6.45) is 3.24. The van der Waals surface area contributed by atoms with E-state index in [-0.39, 0.29) is 11.9 Å². The van der Waals surface area contributed by atoms with Crippen molar-refractivity contribution in [2.45, 2.75) is 33.1 Å². The van der Waals surface area contributed by atoms with Gasteiger partial charge in [-0.3, -0.25) is 4.79 Å². The van der Waals surface area contributed by atoms with E-state index in [1.165, 1.54) is 6.42 Å². The largest absolute Gasteiger partial charge is 0.466 e. The first-order valence-electron chi connectivity index (χ1n) is 4.40. The molecule has 0 saturated heterocycles. The average Bonchev–Trinajstić information content (AvgIpc) is 2.36. The van der Waals surface area contributed by atoms with Gasteiger partial charge in [-0.05, 0) is 32.1 Å². The summed E-state index contributed by atoms with van der Waals surface area (Å²) in [6.45, 7) is 4.57. The van der Waals surface area contributed by atoms with E-state index in [0.29, 0.717) is 12.5 Å². The van der Waals surface area contributed by atoms with Crippen LogP contribution >= 0.6 is 0 Å². The summed E-state index contributed by atoms with van der Waals surface area (Å²) in [5.41, 5.74) is 0. The Kier molecular flexibility index (Phi) is 2.92. The molecule has 1 rings (SSSR count). The SMILES string of the molecule is CCOC(=O)[C@H]1CC[C@H](C)C1. The first-order chi connectivity index (χ1) is 5.24. The minimum Gasteiger partial charge on any atom is -0.466 e. The van der Waals surface area contributed by atoms with E-state index in [4.69, 9.17) is 4.74 Å². The van der Waals surface area contributed by atoms with E-state index in [1.807, 2.05) is 6.92 Å². The molecule has 0 aromatic heterocycles. The van der Waals surface area contributed by atoms with Gasteiger partial charge in [-0.25, -0.2) is 0 Å². The lowest BCUT2D eigenvalue weighted by Crippen LogP contribution is -2.14. The lowest BCUT2D eigenvalue weighted by Gasteiger charge is -2.07. The molecule has 1 saturated carbocycles. The van der Waals surface area contributed by atoms with Gasteiger partial charge in [0.2, 0.25) is 0 Å². The van der Waals surface area contributed by atoms with Gasteiger partial charge in [-0.2, -0.15) is 0 Å². The molecule has 1 aliphatic rings. The second-order valence-corrected chi connectivity index (χ2v) is 3.37. The highest BCUT2D eigenvalue weighted by atomic mass is 16.5. The van der Waals surface area contributed by atoms with E-state index in [0.717, 1.165) is 12.8 Å². The van der Waals surface area contributed by atoms with Crippen molar-refractivity contribution in [2.75, 3.05) is 6.61 Å². The van der Waals surface area contributed by atoms with Crippen LogP contribution in [0.2, 0.25) is 0 Å². The molecule has 0 aromatic rings. The van der Waals surface area contributed by atoms with Crippen molar-refractivity contribution in [1.82, 2.24) is 0 Å². The highest BCUT2D eigenvalue weighted by Crippen LogP contribution is 2.30. The molecule has 2 atom stereocenters. The fourth-order valence-corrected chi connectivity index (χ4v) is 1.68. The standard InChI is InChI=1S/C9H16O2/c1-3-11-9(10)8-5-4-7(2)6-8/h7-8H,3-6H2,1-2H3/t7-,8-/m0/s1. The second kappa shape index (κ2) is 3.74. The highest BCUT2D eigenvalue weighted by Gasteiger charge is 2.27. The average molecular weight is 156 g/mol. The molecule has 1 aliphatic carbocycles. The van der Waals surface area contributed by atoms with Gasteiger partial charge in [0.25, 0.3) is 0 Å². The fourth-order valence-electron chi connectivity index (χ4n) is 1.68. The molecule has 1 fully saturated rings. The Balaban J connectivity index is 2.31. The number of rotatable bonds is 2. The first-order valence-corrected chi connectivity index (χ1v) is 4.40. The lowest BCUT2D eigenvalue weighted by atomic mass is 10.1. The van der Waals surface area contributed by atoms with Crippen molar-refractivity contribution in [3.8, 4) is 0 Å². The third kappa shape index (κ3) is 2.21. The van der Waals surface area contributed by atoms with Crippen LogP contribution < -0.4 is 0 Å². The predicted octanol–water partition coefficient (Wildman–Crippen LogP) is 1.99. The Morgan fingerprint density at radius 3 is 2.73 bits per heavy atom. The van der Waals surface area contributed by atoms with Gasteiger partial charge in [0, 0.05) is 0 Å². The van der Waals surface area contributed by atoms with E-state index >= 15 is 0 Å². The van der Waals surface area contributed by atoms with Gasteiger partial charge >= 0.3 is 5.97 Å². The zero-order chi connectivity index (χ0) is 8.27. The predicted molar refractivity (Wildman–Crippen MR) is 43.1 cm³/mol. The Labute approximate surface area is 67.9 Å². The summed E-state index contributed by atoms with van der Waals surface area (Å²) < 4.78 is 4.94. The summed E-state index contributed by atoms with van der Waals surface area (Å²) >= 11 is 0. The van der Waals surface area contributed by atoms with Gasteiger partial charge in [-0.1, -0.05) is 6.92 Å². The van der Waals surface area contributed by atoms with E-state index < -0.39 is 0 Å². The minimum atomic E-state index is 0.0110. The van der Waals surface area contributed by atoms with Crippen LogP contribution in [0.5, 0.6) is 0 Å². The molecule has 0 N–H and O–H groups in total. The van der Waals surface area contributed by atoms with E-state index in [1.54, 1.807) is 0 Å². The summed E-state index contributed by atoms with van der Waals surface area (Å²) in [6, 6.07) is 0. The molecular weight excluding hydrogens is 140 g/mol. The van der Waals surface area contributed by atoms with Gasteiger partial charge in [0.1, 0.15) is 0 Å². The van der Waals surface area contributed by atoms with Gasteiger partial charge in [-0.15, -0.1) is 0 Å². The maximum absolute atomic E-state index is 11.2. The quantitative estimate of drug-likeness (QED) is 0.571. The number of esters is 1. The van der Waals surface area contributed by atoms with Crippen molar-refractivity contribution >= 4 is 5.97 Å². The molecule has 2 nitrogen and oxygen atoms in total. The van der Waals surface area contributed by atoms with Crippen LogP contribution in [0.1, 0.15) is 33.1 Å². The Hall–Kier alpha value is -0.530. The highest BCUT2D eigenvalue weighted by molar-refractivity contribution is 5.72. The summed E-state index contributed by atoms with van der Waals surface area (Å²) in [4.78, 5) is 11.2. The minimum absolute atomic E-state index is 0.0110. The lowest BCUT2D eigenvalue weighted by molar-refractivity contribution is -0.147. The molecule has 0 aliphatic heterocycles. The third-order valence-electron chi connectivity index (χ3n) is 2.31. The molecule has 2 heteroatoms. The van der Waals surface area contributed by atoms with Gasteiger partial charge in [0.05, 0.1) is 12.5 Å². The van der Waals surface area contributed by atoms with Crippen LogP contribution in [0.3, 0.4) is 0 Å². The molecular formula is C9H16O2. The van der Waals surface area contributed by atoms with Crippen LogP contribution in [0.15, 0.2) is 0 Å². The second-order valence-electron chi connectivity index (χ2n) is 3.37. The Morgan fingerprint density at radius 2 is 2.27 bits per heavy atom. The number of ether oxygens (including phenoxy) is 1. The maximum atomic E-state index is 11.2. The van der Waals surface area contributed by atoms with Crippen LogP contribution in [-0.2, 0) is 9.53 Å². The molecule has 0 heterocycles. The molecule has 0 spiro atoms. The zero-order valence-electron chi connectivity index (χ0n) is 7.30. The molecule has 0 bridgehead atoms. The number of hydrogen-bond donors (Lipinski definition) is 0. The van der Waals surface area contributed by atoms with E-state index in [9.17, 15) is 4.79 Å².